The number of nitrogens with one attached hydrogen (secondary N) is 1. The van der Waals surface area contributed by atoms with E-state index in [2.05, 4.69) is 5.32 Å². The molecule has 106 valence electrons. The summed E-state index contributed by atoms with van der Waals surface area (Å²) >= 11 is 0. The number of fused-ring (bicyclic) bond motifs is 1. The SMILES string of the molecule is O=C(NCC(O)C(F)F)c1ccc(F)c2ccccc12. The molecule has 6 heteroatoms. The molecule has 2 aromatic rings. The van der Waals surface area contributed by atoms with Crippen LogP contribution in [0.4, 0.5) is 13.2 Å². The van der Waals surface area contributed by atoms with Crippen molar-refractivity contribution in [3.63, 3.8) is 0 Å². The van der Waals surface area contributed by atoms with Gasteiger partial charge in [0.15, 0.2) is 0 Å². The van der Waals surface area contributed by atoms with E-state index in [1.54, 1.807) is 18.2 Å². The molecule has 2 N–H and O–H groups in total. The van der Waals surface area contributed by atoms with Crippen molar-refractivity contribution in [3.05, 3.63) is 47.8 Å². The molecule has 0 aliphatic rings. The van der Waals surface area contributed by atoms with E-state index in [1.165, 1.54) is 12.1 Å². The topological polar surface area (TPSA) is 49.3 Å². The van der Waals surface area contributed by atoms with Crippen molar-refractivity contribution in [3.8, 4) is 0 Å². The van der Waals surface area contributed by atoms with Gasteiger partial charge < -0.3 is 10.4 Å². The lowest BCUT2D eigenvalue weighted by atomic mass is 10.0. The number of halogens is 3. The molecule has 2 rings (SSSR count). The Morgan fingerprint density at radius 2 is 1.80 bits per heavy atom. The molecule has 0 saturated heterocycles. The first-order valence-corrected chi connectivity index (χ1v) is 5.92. The largest absolute Gasteiger partial charge is 0.385 e. The molecule has 0 fully saturated rings. The molecule has 0 heterocycles. The highest BCUT2D eigenvalue weighted by atomic mass is 19.3. The summed E-state index contributed by atoms with van der Waals surface area (Å²) in [5.74, 6) is -1.11. The standard InChI is InChI=1S/C14H12F3NO2/c15-11-6-5-10(8-3-1-2-4-9(8)11)14(20)18-7-12(19)13(16)17/h1-6,12-13,19H,7H2,(H,18,20). The predicted octanol–water partition coefficient (Wildman–Crippen LogP) is 2.33. The molecule has 0 spiro atoms. The zero-order chi connectivity index (χ0) is 14.7. The predicted molar refractivity (Wildman–Crippen MR) is 68.3 cm³/mol. The van der Waals surface area contributed by atoms with Crippen molar-refractivity contribution in [2.45, 2.75) is 12.5 Å². The van der Waals surface area contributed by atoms with Crippen molar-refractivity contribution in [2.75, 3.05) is 6.54 Å². The summed E-state index contributed by atoms with van der Waals surface area (Å²) in [5, 5.41) is 11.8. The molecule has 0 aromatic heterocycles. The van der Waals surface area contributed by atoms with E-state index in [0.29, 0.717) is 5.39 Å². The van der Waals surface area contributed by atoms with Gasteiger partial charge in [-0.05, 0) is 17.5 Å². The van der Waals surface area contributed by atoms with Crippen LogP contribution in [-0.2, 0) is 0 Å². The Labute approximate surface area is 113 Å². The molecule has 0 bridgehead atoms. The smallest absolute Gasteiger partial charge is 0.265 e. The van der Waals surface area contributed by atoms with Crippen LogP contribution < -0.4 is 5.32 Å². The molecular formula is C14H12F3NO2. The van der Waals surface area contributed by atoms with Crippen molar-refractivity contribution in [1.29, 1.82) is 0 Å². The number of carbonyl (C=O) groups excluding carboxylic acids is 1. The van der Waals surface area contributed by atoms with Crippen molar-refractivity contribution in [1.82, 2.24) is 5.32 Å². The third-order valence-corrected chi connectivity index (χ3v) is 2.88. The number of rotatable bonds is 4. The van der Waals surface area contributed by atoms with E-state index in [9.17, 15) is 18.0 Å². The van der Waals surface area contributed by atoms with E-state index < -0.39 is 30.8 Å². The summed E-state index contributed by atoms with van der Waals surface area (Å²) in [4.78, 5) is 11.9. The summed E-state index contributed by atoms with van der Waals surface area (Å²) < 4.78 is 37.9. The zero-order valence-electron chi connectivity index (χ0n) is 10.3. The fourth-order valence-corrected chi connectivity index (χ4v) is 1.84. The number of aliphatic hydroxyl groups is 1. The van der Waals surface area contributed by atoms with Crippen LogP contribution in [0.5, 0.6) is 0 Å². The summed E-state index contributed by atoms with van der Waals surface area (Å²) in [6, 6.07) is 8.79. The molecule has 3 nitrogen and oxygen atoms in total. The molecule has 20 heavy (non-hydrogen) atoms. The van der Waals surface area contributed by atoms with Gasteiger partial charge in [0.05, 0.1) is 0 Å². The molecule has 1 unspecified atom stereocenters. The maximum absolute atomic E-state index is 13.6. The third kappa shape index (κ3) is 2.91. The first kappa shape index (κ1) is 14.3. The lowest BCUT2D eigenvalue weighted by Gasteiger charge is -2.12. The van der Waals surface area contributed by atoms with Crippen LogP contribution in [0, 0.1) is 5.82 Å². The quantitative estimate of drug-likeness (QED) is 0.904. The zero-order valence-corrected chi connectivity index (χ0v) is 10.3. The Morgan fingerprint density at radius 3 is 2.45 bits per heavy atom. The number of benzene rings is 2. The number of amides is 1. The lowest BCUT2D eigenvalue weighted by molar-refractivity contribution is -0.00269. The van der Waals surface area contributed by atoms with Crippen LogP contribution in [0.3, 0.4) is 0 Å². The van der Waals surface area contributed by atoms with Crippen LogP contribution in [-0.4, -0.2) is 30.1 Å². The molecule has 0 aliphatic heterocycles. The molecule has 0 radical (unpaired) electrons. The number of hydrogen-bond donors (Lipinski definition) is 2. The van der Waals surface area contributed by atoms with Gasteiger partial charge in [-0.3, -0.25) is 4.79 Å². The van der Waals surface area contributed by atoms with Crippen LogP contribution in [0.1, 0.15) is 10.4 Å². The Bertz CT molecular complexity index is 631. The minimum Gasteiger partial charge on any atom is -0.385 e. The van der Waals surface area contributed by atoms with Gasteiger partial charge in [-0.1, -0.05) is 24.3 Å². The monoisotopic (exact) mass is 283 g/mol. The van der Waals surface area contributed by atoms with Crippen LogP contribution in [0.2, 0.25) is 0 Å². The van der Waals surface area contributed by atoms with Crippen molar-refractivity contribution < 1.29 is 23.1 Å². The molecule has 1 atom stereocenters. The van der Waals surface area contributed by atoms with E-state index in [0.717, 1.165) is 6.07 Å². The Hall–Kier alpha value is -2.08. The average molecular weight is 283 g/mol. The highest BCUT2D eigenvalue weighted by Gasteiger charge is 2.19. The summed E-state index contributed by atoms with van der Waals surface area (Å²) in [5.41, 5.74) is 0.170. The first-order valence-electron chi connectivity index (χ1n) is 5.92. The number of hydrogen-bond acceptors (Lipinski definition) is 2. The minimum absolute atomic E-state index is 0.170. The third-order valence-electron chi connectivity index (χ3n) is 2.88. The second-order valence-corrected chi connectivity index (χ2v) is 4.25. The molecule has 2 aromatic carbocycles. The molecule has 0 saturated carbocycles. The van der Waals surface area contributed by atoms with Crippen LogP contribution in [0.25, 0.3) is 10.8 Å². The van der Waals surface area contributed by atoms with Gasteiger partial charge >= 0.3 is 0 Å². The van der Waals surface area contributed by atoms with Crippen LogP contribution >= 0.6 is 0 Å². The maximum Gasteiger partial charge on any atom is 0.265 e. The highest BCUT2D eigenvalue weighted by molar-refractivity contribution is 6.07. The van der Waals surface area contributed by atoms with Gasteiger partial charge in [0.2, 0.25) is 0 Å². The summed E-state index contributed by atoms with van der Waals surface area (Å²) in [7, 11) is 0. The van der Waals surface area contributed by atoms with E-state index in [1.807, 2.05) is 0 Å². The Kier molecular flexibility index (Phi) is 4.24. The highest BCUT2D eigenvalue weighted by Crippen LogP contribution is 2.21. The second kappa shape index (κ2) is 5.92. The number of carbonyl (C=O) groups is 1. The van der Waals surface area contributed by atoms with Gasteiger partial charge in [0, 0.05) is 17.5 Å². The normalized spacial score (nSPS) is 12.7. The Balaban J connectivity index is 2.25. The number of alkyl halides is 2. The van der Waals surface area contributed by atoms with Crippen molar-refractivity contribution >= 4 is 16.7 Å². The Morgan fingerprint density at radius 1 is 1.15 bits per heavy atom. The molecular weight excluding hydrogens is 271 g/mol. The summed E-state index contributed by atoms with van der Waals surface area (Å²) in [6.07, 6.45) is -4.86. The van der Waals surface area contributed by atoms with Crippen LogP contribution in [0.15, 0.2) is 36.4 Å². The van der Waals surface area contributed by atoms with E-state index >= 15 is 0 Å². The number of aliphatic hydroxyl groups excluding tert-OH is 1. The van der Waals surface area contributed by atoms with Gasteiger partial charge in [-0.2, -0.15) is 0 Å². The minimum atomic E-state index is -2.93. The van der Waals surface area contributed by atoms with Crippen molar-refractivity contribution in [2.24, 2.45) is 0 Å². The summed E-state index contributed by atoms with van der Waals surface area (Å²) in [6.45, 7) is -0.567. The van der Waals surface area contributed by atoms with Gasteiger partial charge in [-0.25, -0.2) is 13.2 Å². The first-order chi connectivity index (χ1) is 9.50. The average Bonchev–Trinajstić information content (AvgIpc) is 2.45. The van der Waals surface area contributed by atoms with Gasteiger partial charge in [-0.15, -0.1) is 0 Å². The maximum atomic E-state index is 13.6. The van der Waals surface area contributed by atoms with Gasteiger partial charge in [0.1, 0.15) is 11.9 Å². The molecule has 1 amide bonds. The fraction of sp³-hybridized carbons (Fsp3) is 0.214. The molecule has 0 aliphatic carbocycles. The van der Waals surface area contributed by atoms with E-state index in [-0.39, 0.29) is 10.9 Å². The lowest BCUT2D eigenvalue weighted by Crippen LogP contribution is -2.35. The van der Waals surface area contributed by atoms with E-state index in [4.69, 9.17) is 5.11 Å². The second-order valence-electron chi connectivity index (χ2n) is 4.25. The fourth-order valence-electron chi connectivity index (χ4n) is 1.84. The van der Waals surface area contributed by atoms with Gasteiger partial charge in [0.25, 0.3) is 12.3 Å².